The lowest BCUT2D eigenvalue weighted by Crippen LogP contribution is -2.33. The third-order valence-corrected chi connectivity index (χ3v) is 8.68. The van der Waals surface area contributed by atoms with Crippen LogP contribution in [0.2, 0.25) is 0 Å². The molecule has 2 heterocycles. The van der Waals surface area contributed by atoms with Crippen molar-refractivity contribution in [2.24, 2.45) is 29.6 Å². The summed E-state index contributed by atoms with van der Waals surface area (Å²) in [4.78, 5) is 54.6. The van der Waals surface area contributed by atoms with Gasteiger partial charge in [0.25, 0.3) is 0 Å². The van der Waals surface area contributed by atoms with Gasteiger partial charge in [0.1, 0.15) is 5.75 Å². The Hall–Kier alpha value is -3.00. The number of aryl methyl sites for hydroxylation is 1. The van der Waals surface area contributed by atoms with E-state index in [4.69, 9.17) is 4.74 Å². The minimum atomic E-state index is -0.567. The lowest BCUT2D eigenvalue weighted by atomic mass is 9.81. The van der Waals surface area contributed by atoms with Gasteiger partial charge in [-0.2, -0.15) is 0 Å². The van der Waals surface area contributed by atoms with Crippen molar-refractivity contribution in [3.63, 3.8) is 0 Å². The van der Waals surface area contributed by atoms with Crippen molar-refractivity contribution < 1.29 is 23.9 Å². The van der Waals surface area contributed by atoms with Gasteiger partial charge >= 0.3 is 5.97 Å². The van der Waals surface area contributed by atoms with E-state index in [1.54, 1.807) is 23.1 Å². The molecule has 2 bridgehead atoms. The van der Waals surface area contributed by atoms with Gasteiger partial charge in [0.15, 0.2) is 0 Å². The Morgan fingerprint density at radius 2 is 1.63 bits per heavy atom. The van der Waals surface area contributed by atoms with E-state index < -0.39 is 11.9 Å². The number of carbonyl (C=O) groups excluding carboxylic acids is 4. The second kappa shape index (κ2) is 8.29. The molecule has 2 saturated heterocycles. The molecule has 6 rings (SSSR count). The summed E-state index contributed by atoms with van der Waals surface area (Å²) in [5.41, 5.74) is 2.00. The van der Waals surface area contributed by atoms with E-state index in [0.717, 1.165) is 29.4 Å². The molecular formula is C27H25BrN2O5. The number of esters is 1. The van der Waals surface area contributed by atoms with E-state index in [1.165, 1.54) is 4.90 Å². The van der Waals surface area contributed by atoms with Crippen molar-refractivity contribution in [3.8, 4) is 5.75 Å². The van der Waals surface area contributed by atoms with Crippen molar-refractivity contribution in [2.45, 2.75) is 32.6 Å². The molecular weight excluding hydrogens is 512 g/mol. The number of benzene rings is 2. The zero-order chi connectivity index (χ0) is 24.4. The van der Waals surface area contributed by atoms with E-state index in [1.807, 2.05) is 31.2 Å². The van der Waals surface area contributed by atoms with Crippen molar-refractivity contribution in [1.82, 2.24) is 0 Å². The van der Waals surface area contributed by atoms with Gasteiger partial charge in [-0.3, -0.25) is 19.2 Å². The summed E-state index contributed by atoms with van der Waals surface area (Å²) in [5.74, 6) is -0.673. The summed E-state index contributed by atoms with van der Waals surface area (Å²) in [6.45, 7) is 2.07. The summed E-state index contributed by atoms with van der Waals surface area (Å²) in [7, 11) is 0. The molecule has 2 aliphatic heterocycles. The molecule has 4 aliphatic rings. The lowest BCUT2D eigenvalue weighted by molar-refractivity contribution is -0.139. The van der Waals surface area contributed by atoms with Gasteiger partial charge in [-0.1, -0.05) is 15.9 Å². The van der Waals surface area contributed by atoms with Crippen molar-refractivity contribution in [1.29, 1.82) is 0 Å². The van der Waals surface area contributed by atoms with Crippen molar-refractivity contribution in [3.05, 3.63) is 52.5 Å². The van der Waals surface area contributed by atoms with Crippen LogP contribution in [0.15, 0.2) is 46.9 Å². The number of halogens is 1. The van der Waals surface area contributed by atoms with Crippen molar-refractivity contribution >= 4 is 51.0 Å². The van der Waals surface area contributed by atoms with Gasteiger partial charge in [-0.25, -0.2) is 4.90 Å². The summed E-state index contributed by atoms with van der Waals surface area (Å²) in [5, 5.41) is 0. The number of fused-ring (bicyclic) bond motifs is 5. The zero-order valence-electron chi connectivity index (χ0n) is 19.3. The smallest absolute Gasteiger partial charge is 0.316 e. The molecule has 8 heteroatoms. The first-order valence-corrected chi connectivity index (χ1v) is 12.9. The highest BCUT2D eigenvalue weighted by molar-refractivity contribution is 9.10. The van der Waals surface area contributed by atoms with Crippen LogP contribution >= 0.6 is 15.9 Å². The number of carbonyl (C=O) groups is 4. The van der Waals surface area contributed by atoms with Crippen LogP contribution in [0.5, 0.6) is 5.75 Å². The van der Waals surface area contributed by atoms with Gasteiger partial charge in [0, 0.05) is 23.1 Å². The number of hydrogen-bond donors (Lipinski definition) is 0. The van der Waals surface area contributed by atoms with Crippen LogP contribution in [-0.2, 0) is 19.2 Å². The number of nitrogens with zero attached hydrogens (tertiary/aromatic N) is 2. The standard InChI is InChI=1S/C27H25BrN2O5/c1-14-10-20(35-27(34)17-12-22(31)29(13-17)19-6-4-18(28)5-7-19)8-9-21(14)30-25(32)23-15-2-3-16(11-15)24(23)26(30)33/h4-10,15-17,23-24H,2-3,11-13H2,1H3/t15-,16-,17+,23-,24+/m0/s1. The molecule has 4 fully saturated rings. The van der Waals surface area contributed by atoms with Crippen LogP contribution in [0.3, 0.4) is 0 Å². The highest BCUT2D eigenvalue weighted by Crippen LogP contribution is 2.56. The Morgan fingerprint density at radius 1 is 0.971 bits per heavy atom. The SMILES string of the molecule is Cc1cc(OC(=O)[C@@H]2CC(=O)N(c3ccc(Br)cc3)C2)ccc1N1C(=O)[C@@H]2[C@H]3CC[C@@H](C3)[C@@H]2C1=O. The quantitative estimate of drug-likeness (QED) is 0.331. The number of ether oxygens (including phenoxy) is 1. The van der Waals surface area contributed by atoms with E-state index in [-0.39, 0.29) is 42.5 Å². The number of imide groups is 1. The summed E-state index contributed by atoms with van der Waals surface area (Å²) >= 11 is 3.38. The average molecular weight is 537 g/mol. The first-order valence-electron chi connectivity index (χ1n) is 12.1. The average Bonchev–Trinajstić information content (AvgIpc) is 3.59. The first kappa shape index (κ1) is 22.5. The van der Waals surface area contributed by atoms with Gasteiger partial charge in [-0.15, -0.1) is 0 Å². The molecule has 2 saturated carbocycles. The highest BCUT2D eigenvalue weighted by Gasteiger charge is 2.61. The normalized spacial score (nSPS) is 29.3. The Morgan fingerprint density at radius 3 is 2.26 bits per heavy atom. The molecule has 0 unspecified atom stereocenters. The Bertz CT molecular complexity index is 1230. The third-order valence-electron chi connectivity index (χ3n) is 8.15. The first-order chi connectivity index (χ1) is 16.8. The maximum atomic E-state index is 13.2. The maximum absolute atomic E-state index is 13.2. The van der Waals surface area contributed by atoms with Crippen LogP contribution in [-0.4, -0.2) is 30.2 Å². The van der Waals surface area contributed by atoms with Crippen LogP contribution < -0.4 is 14.5 Å². The molecule has 5 atom stereocenters. The van der Waals surface area contributed by atoms with E-state index in [9.17, 15) is 19.2 Å². The predicted molar refractivity (Wildman–Crippen MR) is 132 cm³/mol. The van der Waals surface area contributed by atoms with Crippen LogP contribution in [0.1, 0.15) is 31.2 Å². The summed E-state index contributed by atoms with van der Waals surface area (Å²) < 4.78 is 6.52. The molecule has 0 N–H and O–H groups in total. The second-order valence-electron chi connectivity index (χ2n) is 10.1. The fourth-order valence-electron chi connectivity index (χ4n) is 6.52. The molecule has 2 aromatic rings. The van der Waals surface area contributed by atoms with Gasteiger partial charge in [0.2, 0.25) is 17.7 Å². The molecule has 7 nitrogen and oxygen atoms in total. The number of anilines is 2. The molecule has 35 heavy (non-hydrogen) atoms. The predicted octanol–water partition coefficient (Wildman–Crippen LogP) is 4.25. The molecule has 0 radical (unpaired) electrons. The topological polar surface area (TPSA) is 84.0 Å². The van der Waals surface area contributed by atoms with Crippen LogP contribution in [0, 0.1) is 36.5 Å². The molecule has 3 amide bonds. The summed E-state index contributed by atoms with van der Waals surface area (Å²) in [6, 6.07) is 12.4. The zero-order valence-corrected chi connectivity index (χ0v) is 20.9. The number of rotatable bonds is 4. The highest BCUT2D eigenvalue weighted by atomic mass is 79.9. The minimum Gasteiger partial charge on any atom is -0.426 e. The molecule has 2 aliphatic carbocycles. The Kier molecular flexibility index (Phi) is 5.32. The van der Waals surface area contributed by atoms with Crippen LogP contribution in [0.4, 0.5) is 11.4 Å². The number of hydrogen-bond acceptors (Lipinski definition) is 5. The van der Waals surface area contributed by atoms with Gasteiger partial charge < -0.3 is 9.64 Å². The summed E-state index contributed by atoms with van der Waals surface area (Å²) in [6.07, 6.45) is 3.16. The number of amides is 3. The molecule has 180 valence electrons. The maximum Gasteiger partial charge on any atom is 0.316 e. The Labute approximate surface area is 211 Å². The van der Waals surface area contributed by atoms with Crippen LogP contribution in [0.25, 0.3) is 0 Å². The van der Waals surface area contributed by atoms with Gasteiger partial charge in [-0.05, 0) is 86.1 Å². The fourth-order valence-corrected chi connectivity index (χ4v) is 6.79. The van der Waals surface area contributed by atoms with Crippen molar-refractivity contribution in [2.75, 3.05) is 16.3 Å². The molecule has 0 aromatic heterocycles. The second-order valence-corrected chi connectivity index (χ2v) is 11.1. The fraction of sp³-hybridized carbons (Fsp3) is 0.407. The molecule has 0 spiro atoms. The molecule has 2 aromatic carbocycles. The van der Waals surface area contributed by atoms with E-state index in [2.05, 4.69) is 15.9 Å². The Balaban J connectivity index is 1.15. The lowest BCUT2D eigenvalue weighted by Gasteiger charge is -2.20. The van der Waals surface area contributed by atoms with Gasteiger partial charge in [0.05, 0.1) is 23.4 Å². The minimum absolute atomic E-state index is 0.0856. The van der Waals surface area contributed by atoms with E-state index >= 15 is 0 Å². The third kappa shape index (κ3) is 3.61. The van der Waals surface area contributed by atoms with E-state index in [0.29, 0.717) is 28.8 Å². The largest absolute Gasteiger partial charge is 0.426 e. The monoisotopic (exact) mass is 536 g/mol.